The fraction of sp³-hybridized carbons (Fsp3) is 0.440. The van der Waals surface area contributed by atoms with Crippen molar-refractivity contribution in [3.63, 3.8) is 0 Å². The van der Waals surface area contributed by atoms with Crippen LogP contribution in [0.1, 0.15) is 76.8 Å². The van der Waals surface area contributed by atoms with E-state index in [4.69, 9.17) is 0 Å². The summed E-state index contributed by atoms with van der Waals surface area (Å²) in [4.78, 5) is 0. The maximum absolute atomic E-state index is 4.00. The molecule has 1 aromatic rings. The number of terminal acetylenes is 1. The molecule has 0 radical (unpaired) electrons. The van der Waals surface area contributed by atoms with Crippen molar-refractivity contribution in [1.82, 2.24) is 0 Å². The maximum atomic E-state index is 4.00. The minimum atomic E-state index is 0.514. The standard InChI is InChI=1S/C16H18.C5H12.C2H6.C2H2/c1-3-8-13(4-2)15-12-7-10-14-9-5-6-11-16(14)15;1-3-5-4-2;2*1-2/h3-6,8-9,11,15H,1-2,7,10,12H2;3-5H2,1-2H3;1-2H3;1-2H/b13-8+;;;/t15-;;;/m0.../s1. The Labute approximate surface area is 157 Å². The Balaban J connectivity index is 0. The molecule has 2 rings (SSSR count). The van der Waals surface area contributed by atoms with Crippen LogP contribution in [0.4, 0.5) is 0 Å². The first-order valence-electron chi connectivity index (χ1n) is 9.64. The summed E-state index contributed by atoms with van der Waals surface area (Å²) in [6.45, 7) is 16.1. The van der Waals surface area contributed by atoms with E-state index in [0.29, 0.717) is 5.92 Å². The van der Waals surface area contributed by atoms with Gasteiger partial charge >= 0.3 is 0 Å². The molecule has 0 heteroatoms. The van der Waals surface area contributed by atoms with Crippen molar-refractivity contribution >= 4 is 0 Å². The molecule has 0 saturated heterocycles. The van der Waals surface area contributed by atoms with Gasteiger partial charge in [0.25, 0.3) is 0 Å². The van der Waals surface area contributed by atoms with Gasteiger partial charge in [-0.1, -0.05) is 103 Å². The van der Waals surface area contributed by atoms with Crippen molar-refractivity contribution in [2.75, 3.05) is 0 Å². The Kier molecular flexibility index (Phi) is 18.5. The molecule has 1 aliphatic rings. The van der Waals surface area contributed by atoms with Gasteiger partial charge < -0.3 is 0 Å². The first-order chi connectivity index (χ1) is 12.3. The fourth-order valence-electron chi connectivity index (χ4n) is 2.92. The molecule has 0 amide bonds. The van der Waals surface area contributed by atoms with Crippen molar-refractivity contribution in [2.24, 2.45) is 0 Å². The van der Waals surface area contributed by atoms with E-state index in [0.717, 1.165) is 0 Å². The summed E-state index contributed by atoms with van der Waals surface area (Å²) in [5.74, 6) is 0.514. The summed E-state index contributed by atoms with van der Waals surface area (Å²) >= 11 is 0. The van der Waals surface area contributed by atoms with Gasteiger partial charge in [0, 0.05) is 5.92 Å². The molecule has 0 unspecified atom stereocenters. The lowest BCUT2D eigenvalue weighted by Crippen LogP contribution is -2.10. The first kappa shape index (κ1) is 25.2. The molecule has 0 bridgehead atoms. The molecule has 0 aromatic heterocycles. The van der Waals surface area contributed by atoms with Gasteiger partial charge in [0.05, 0.1) is 0 Å². The maximum Gasteiger partial charge on any atom is 0.00919 e. The van der Waals surface area contributed by atoms with Crippen LogP contribution < -0.4 is 0 Å². The lowest BCUT2D eigenvalue weighted by molar-refractivity contribution is 0.615. The molecule has 1 atom stereocenters. The Morgan fingerprint density at radius 1 is 1.12 bits per heavy atom. The molecular formula is C25H38. The highest BCUT2D eigenvalue weighted by molar-refractivity contribution is 5.42. The molecule has 1 aliphatic carbocycles. The molecule has 0 saturated carbocycles. The normalized spacial score (nSPS) is 14.8. The predicted molar refractivity (Wildman–Crippen MR) is 117 cm³/mol. The molecule has 138 valence electrons. The smallest absolute Gasteiger partial charge is 0.00919 e. The predicted octanol–water partition coefficient (Wildman–Crippen LogP) is 7.88. The van der Waals surface area contributed by atoms with Crippen LogP contribution in [0.2, 0.25) is 0 Å². The number of aryl methyl sites for hydroxylation is 1. The topological polar surface area (TPSA) is 0 Å². The van der Waals surface area contributed by atoms with Crippen molar-refractivity contribution < 1.29 is 0 Å². The zero-order valence-corrected chi connectivity index (χ0v) is 16.9. The Morgan fingerprint density at radius 3 is 2.20 bits per heavy atom. The average molecular weight is 339 g/mol. The van der Waals surface area contributed by atoms with Gasteiger partial charge in [-0.3, -0.25) is 0 Å². The molecule has 0 nitrogen and oxygen atoms in total. The van der Waals surface area contributed by atoms with Crippen LogP contribution in [0.5, 0.6) is 0 Å². The number of hydrogen-bond acceptors (Lipinski definition) is 0. The van der Waals surface area contributed by atoms with Crippen LogP contribution in [-0.4, -0.2) is 0 Å². The summed E-state index contributed by atoms with van der Waals surface area (Å²) in [6.07, 6.45) is 21.7. The van der Waals surface area contributed by atoms with Crippen LogP contribution in [0, 0.1) is 12.8 Å². The van der Waals surface area contributed by atoms with E-state index in [-0.39, 0.29) is 0 Å². The third-order valence-electron chi connectivity index (χ3n) is 4.02. The van der Waals surface area contributed by atoms with Crippen molar-refractivity contribution in [3.05, 3.63) is 72.4 Å². The first-order valence-corrected chi connectivity index (χ1v) is 9.64. The van der Waals surface area contributed by atoms with E-state index in [2.05, 4.69) is 70.2 Å². The number of rotatable bonds is 5. The van der Waals surface area contributed by atoms with Crippen molar-refractivity contribution in [1.29, 1.82) is 0 Å². The van der Waals surface area contributed by atoms with Crippen molar-refractivity contribution in [2.45, 2.75) is 72.1 Å². The van der Waals surface area contributed by atoms with E-state index in [1.165, 1.54) is 55.2 Å². The van der Waals surface area contributed by atoms with Gasteiger partial charge in [0.15, 0.2) is 0 Å². The second-order valence-electron chi connectivity index (χ2n) is 5.60. The molecule has 0 N–H and O–H groups in total. The van der Waals surface area contributed by atoms with E-state index >= 15 is 0 Å². The summed E-state index contributed by atoms with van der Waals surface area (Å²) in [6, 6.07) is 8.76. The second-order valence-corrected chi connectivity index (χ2v) is 5.60. The second kappa shape index (κ2) is 18.3. The number of unbranched alkanes of at least 4 members (excludes halogenated alkanes) is 2. The highest BCUT2D eigenvalue weighted by Crippen LogP contribution is 2.36. The van der Waals surface area contributed by atoms with Gasteiger partial charge in [0.1, 0.15) is 0 Å². The zero-order valence-electron chi connectivity index (χ0n) is 16.9. The monoisotopic (exact) mass is 338 g/mol. The van der Waals surface area contributed by atoms with Gasteiger partial charge in [-0.15, -0.1) is 12.8 Å². The molecule has 1 aromatic carbocycles. The summed E-state index contributed by atoms with van der Waals surface area (Å²) in [7, 11) is 0. The third-order valence-corrected chi connectivity index (χ3v) is 4.02. The van der Waals surface area contributed by atoms with E-state index in [1.54, 1.807) is 0 Å². The molecule has 25 heavy (non-hydrogen) atoms. The van der Waals surface area contributed by atoms with Crippen LogP contribution in [0.15, 0.2) is 61.2 Å². The fourth-order valence-corrected chi connectivity index (χ4v) is 2.92. The van der Waals surface area contributed by atoms with Crippen LogP contribution in [0.25, 0.3) is 0 Å². The number of allylic oxidation sites excluding steroid dienone is 4. The summed E-state index contributed by atoms with van der Waals surface area (Å²) in [5.41, 5.74) is 4.26. The average Bonchev–Trinajstić information content (AvgIpc) is 2.70. The third kappa shape index (κ3) is 9.78. The van der Waals surface area contributed by atoms with Gasteiger partial charge in [-0.25, -0.2) is 0 Å². The van der Waals surface area contributed by atoms with E-state index in [1.807, 2.05) is 26.0 Å². The van der Waals surface area contributed by atoms with Crippen molar-refractivity contribution in [3.8, 4) is 12.8 Å². The van der Waals surface area contributed by atoms with Crippen LogP contribution >= 0.6 is 0 Å². The molecule has 0 spiro atoms. The van der Waals surface area contributed by atoms with Crippen LogP contribution in [0.3, 0.4) is 0 Å². The SMILES string of the molecule is C#C.C=C/C=C(\C=C)[C@@H]1CCCc2ccccc21.CC.CCCCC. The van der Waals surface area contributed by atoms with E-state index in [9.17, 15) is 0 Å². The molecule has 0 aliphatic heterocycles. The Bertz CT molecular complexity index is 500. The Morgan fingerprint density at radius 2 is 1.72 bits per heavy atom. The van der Waals surface area contributed by atoms with Gasteiger partial charge in [-0.2, -0.15) is 0 Å². The van der Waals surface area contributed by atoms with Crippen LogP contribution in [-0.2, 0) is 6.42 Å². The number of fused-ring (bicyclic) bond motifs is 1. The largest absolute Gasteiger partial charge is 0.124 e. The lowest BCUT2D eigenvalue weighted by Gasteiger charge is -2.26. The molecular weight excluding hydrogens is 300 g/mol. The van der Waals surface area contributed by atoms with E-state index < -0.39 is 0 Å². The van der Waals surface area contributed by atoms with Gasteiger partial charge in [-0.05, 0) is 36.0 Å². The summed E-state index contributed by atoms with van der Waals surface area (Å²) < 4.78 is 0. The molecule has 0 heterocycles. The highest BCUT2D eigenvalue weighted by Gasteiger charge is 2.21. The minimum absolute atomic E-state index is 0.514. The minimum Gasteiger partial charge on any atom is -0.124 e. The lowest BCUT2D eigenvalue weighted by atomic mass is 9.78. The zero-order chi connectivity index (χ0) is 19.5. The quantitative estimate of drug-likeness (QED) is 0.378. The summed E-state index contributed by atoms with van der Waals surface area (Å²) in [5, 5.41) is 0. The number of hydrogen-bond donors (Lipinski definition) is 0. The number of benzene rings is 1. The Hall–Kier alpha value is -2.00. The highest BCUT2D eigenvalue weighted by atomic mass is 14.2. The molecule has 0 fully saturated rings. The van der Waals surface area contributed by atoms with Gasteiger partial charge in [0.2, 0.25) is 0 Å².